The normalized spacial score (nSPS) is 13.3. The van der Waals surface area contributed by atoms with Crippen molar-refractivity contribution in [2.45, 2.75) is 0 Å². The average Bonchev–Trinajstić information content (AvgIpc) is 2.98. The lowest BCUT2D eigenvalue weighted by atomic mass is 10.1. The highest BCUT2D eigenvalue weighted by Crippen LogP contribution is 2.37. The standard InChI is InChI=1S/C20H14N4O3/c1-27-17-12-13(22-23-18-8-4-5-11-21-18)9-10-16(17)24-19(25)14-6-2-3-7-15(14)20(24)26/h2-12H,1H3/b23-22+. The first-order chi connectivity index (χ1) is 13.2. The molecule has 1 aliphatic heterocycles. The van der Waals surface area contributed by atoms with Crippen LogP contribution in [0.2, 0.25) is 0 Å². The van der Waals surface area contributed by atoms with Crippen LogP contribution in [0, 0.1) is 0 Å². The Morgan fingerprint density at radius 2 is 1.59 bits per heavy atom. The molecule has 132 valence electrons. The van der Waals surface area contributed by atoms with Gasteiger partial charge in [0.1, 0.15) is 5.75 Å². The first-order valence-electron chi connectivity index (χ1n) is 8.17. The van der Waals surface area contributed by atoms with Crippen molar-refractivity contribution in [2.75, 3.05) is 12.0 Å². The predicted octanol–water partition coefficient (Wildman–Crippen LogP) is 4.31. The van der Waals surface area contributed by atoms with Crippen molar-refractivity contribution in [1.29, 1.82) is 0 Å². The molecule has 1 aliphatic rings. The lowest BCUT2D eigenvalue weighted by molar-refractivity contribution is 0.0925. The Morgan fingerprint density at radius 3 is 2.22 bits per heavy atom. The number of azo groups is 1. The highest BCUT2D eigenvalue weighted by molar-refractivity contribution is 6.34. The summed E-state index contributed by atoms with van der Waals surface area (Å²) in [6.07, 6.45) is 1.63. The summed E-state index contributed by atoms with van der Waals surface area (Å²) in [6.45, 7) is 0. The topological polar surface area (TPSA) is 84.2 Å². The van der Waals surface area contributed by atoms with E-state index in [2.05, 4.69) is 15.2 Å². The number of benzene rings is 2. The van der Waals surface area contributed by atoms with Gasteiger partial charge in [0.25, 0.3) is 11.8 Å². The zero-order valence-corrected chi connectivity index (χ0v) is 14.4. The minimum absolute atomic E-state index is 0.349. The Kier molecular flexibility index (Phi) is 4.18. The molecule has 0 radical (unpaired) electrons. The van der Waals surface area contributed by atoms with E-state index >= 15 is 0 Å². The molecule has 0 atom stereocenters. The number of aromatic nitrogens is 1. The molecular weight excluding hydrogens is 344 g/mol. The van der Waals surface area contributed by atoms with E-state index in [-0.39, 0.29) is 11.8 Å². The molecule has 3 aromatic rings. The second-order valence-electron chi connectivity index (χ2n) is 5.74. The lowest BCUT2D eigenvalue weighted by Gasteiger charge is -2.17. The highest BCUT2D eigenvalue weighted by Gasteiger charge is 2.37. The lowest BCUT2D eigenvalue weighted by Crippen LogP contribution is -2.29. The van der Waals surface area contributed by atoms with Crippen molar-refractivity contribution in [2.24, 2.45) is 10.2 Å². The maximum Gasteiger partial charge on any atom is 0.266 e. The number of carbonyl (C=O) groups is 2. The Balaban J connectivity index is 1.68. The van der Waals surface area contributed by atoms with Crippen LogP contribution < -0.4 is 9.64 Å². The van der Waals surface area contributed by atoms with Gasteiger partial charge in [-0.1, -0.05) is 18.2 Å². The van der Waals surface area contributed by atoms with Crippen LogP contribution in [-0.4, -0.2) is 23.9 Å². The van der Waals surface area contributed by atoms with Gasteiger partial charge >= 0.3 is 0 Å². The van der Waals surface area contributed by atoms with Crippen LogP contribution in [0.1, 0.15) is 20.7 Å². The van der Waals surface area contributed by atoms with E-state index < -0.39 is 0 Å². The molecule has 0 spiro atoms. The van der Waals surface area contributed by atoms with Crippen molar-refractivity contribution >= 4 is 29.0 Å². The van der Waals surface area contributed by atoms with E-state index in [1.54, 1.807) is 60.8 Å². The fourth-order valence-electron chi connectivity index (χ4n) is 2.84. The van der Waals surface area contributed by atoms with E-state index in [9.17, 15) is 9.59 Å². The maximum absolute atomic E-state index is 12.7. The second-order valence-corrected chi connectivity index (χ2v) is 5.74. The summed E-state index contributed by atoms with van der Waals surface area (Å²) in [5.41, 5.74) is 1.63. The number of methoxy groups -OCH3 is 1. The third kappa shape index (κ3) is 2.95. The maximum atomic E-state index is 12.7. The molecule has 2 aromatic carbocycles. The number of amides is 2. The highest BCUT2D eigenvalue weighted by atomic mass is 16.5. The zero-order valence-electron chi connectivity index (χ0n) is 14.4. The number of nitrogens with zero attached hydrogens (tertiary/aromatic N) is 4. The first-order valence-corrected chi connectivity index (χ1v) is 8.17. The van der Waals surface area contributed by atoms with E-state index in [0.29, 0.717) is 34.1 Å². The van der Waals surface area contributed by atoms with Gasteiger partial charge in [-0.25, -0.2) is 9.88 Å². The number of pyridine rings is 1. The molecule has 0 N–H and O–H groups in total. The van der Waals surface area contributed by atoms with Crippen LogP contribution in [-0.2, 0) is 0 Å². The van der Waals surface area contributed by atoms with Crippen molar-refractivity contribution < 1.29 is 14.3 Å². The molecule has 0 bridgehead atoms. The van der Waals surface area contributed by atoms with E-state index in [1.807, 2.05) is 6.07 Å². The molecule has 27 heavy (non-hydrogen) atoms. The molecule has 7 nitrogen and oxygen atoms in total. The molecule has 0 saturated carbocycles. The van der Waals surface area contributed by atoms with Gasteiger partial charge in [0, 0.05) is 12.3 Å². The van der Waals surface area contributed by atoms with Crippen molar-refractivity contribution in [3.63, 3.8) is 0 Å². The van der Waals surface area contributed by atoms with Crippen molar-refractivity contribution in [1.82, 2.24) is 4.98 Å². The molecule has 1 aromatic heterocycles. The fraction of sp³-hybridized carbons (Fsp3) is 0.0500. The number of hydrogen-bond acceptors (Lipinski definition) is 6. The summed E-state index contributed by atoms with van der Waals surface area (Å²) in [7, 11) is 1.47. The quantitative estimate of drug-likeness (QED) is 0.514. The van der Waals surface area contributed by atoms with Crippen molar-refractivity contribution in [3.05, 3.63) is 78.0 Å². The molecule has 2 amide bonds. The Labute approximate surface area is 154 Å². The molecule has 0 unspecified atom stereocenters. The van der Waals surface area contributed by atoms with Gasteiger partial charge in [-0.3, -0.25) is 9.59 Å². The number of hydrogen-bond donors (Lipinski definition) is 0. The SMILES string of the molecule is COc1cc(/N=N/c2ccccn2)ccc1N1C(=O)c2ccccc2C1=O. The first kappa shape index (κ1) is 16.6. The number of rotatable bonds is 4. The third-order valence-corrected chi connectivity index (χ3v) is 4.12. The van der Waals surface area contributed by atoms with Gasteiger partial charge in [-0.15, -0.1) is 10.2 Å². The summed E-state index contributed by atoms with van der Waals surface area (Å²) in [5.74, 6) is 0.0661. The second kappa shape index (κ2) is 6.80. The molecule has 0 fully saturated rings. The van der Waals surface area contributed by atoms with Crippen LogP contribution in [0.25, 0.3) is 0 Å². The number of fused-ring (bicyclic) bond motifs is 1. The smallest absolute Gasteiger partial charge is 0.266 e. The minimum Gasteiger partial charge on any atom is -0.494 e. The summed E-state index contributed by atoms with van der Waals surface area (Å²) in [5, 5.41) is 8.18. The zero-order chi connectivity index (χ0) is 18.8. The van der Waals surface area contributed by atoms with E-state index in [0.717, 1.165) is 4.90 Å². The van der Waals surface area contributed by atoms with Gasteiger partial charge in [-0.2, -0.15) is 0 Å². The minimum atomic E-state index is -0.378. The molecule has 0 aliphatic carbocycles. The fourth-order valence-corrected chi connectivity index (χ4v) is 2.84. The van der Waals surface area contributed by atoms with E-state index in [1.165, 1.54) is 7.11 Å². The van der Waals surface area contributed by atoms with Gasteiger partial charge < -0.3 is 4.74 Å². The van der Waals surface area contributed by atoms with E-state index in [4.69, 9.17) is 4.74 Å². The molecule has 2 heterocycles. The summed E-state index contributed by atoms with van der Waals surface area (Å²) in [6, 6.07) is 17.0. The predicted molar refractivity (Wildman–Crippen MR) is 99.0 cm³/mol. The van der Waals surface area contributed by atoms with Crippen LogP contribution in [0.15, 0.2) is 77.1 Å². The number of anilines is 1. The molecule has 0 saturated heterocycles. The van der Waals surface area contributed by atoms with Gasteiger partial charge in [0.2, 0.25) is 0 Å². The summed E-state index contributed by atoms with van der Waals surface area (Å²) >= 11 is 0. The largest absolute Gasteiger partial charge is 0.494 e. The summed E-state index contributed by atoms with van der Waals surface area (Å²) < 4.78 is 5.38. The van der Waals surface area contributed by atoms with Gasteiger partial charge in [0.05, 0.1) is 29.6 Å². The Morgan fingerprint density at radius 1 is 0.889 bits per heavy atom. The van der Waals surface area contributed by atoms with Crippen molar-refractivity contribution in [3.8, 4) is 5.75 Å². The molecular formula is C20H14N4O3. The number of carbonyl (C=O) groups excluding carboxylic acids is 2. The van der Waals surface area contributed by atoms with Crippen LogP contribution in [0.4, 0.5) is 17.2 Å². The molecule has 4 rings (SSSR count). The van der Waals surface area contributed by atoms with Crippen LogP contribution >= 0.6 is 0 Å². The number of imide groups is 1. The third-order valence-electron chi connectivity index (χ3n) is 4.12. The van der Waals surface area contributed by atoms with Gasteiger partial charge in [-0.05, 0) is 36.4 Å². The van der Waals surface area contributed by atoms with Crippen LogP contribution in [0.3, 0.4) is 0 Å². The Hall–Kier alpha value is -3.87. The van der Waals surface area contributed by atoms with Crippen LogP contribution in [0.5, 0.6) is 5.75 Å². The average molecular weight is 358 g/mol. The number of ether oxygens (including phenoxy) is 1. The van der Waals surface area contributed by atoms with Gasteiger partial charge in [0.15, 0.2) is 5.82 Å². The monoisotopic (exact) mass is 358 g/mol. The molecule has 7 heteroatoms. The Bertz CT molecular complexity index is 1030. The summed E-state index contributed by atoms with van der Waals surface area (Å²) in [4.78, 5) is 30.5.